The molecule has 3 aromatic rings. The highest BCUT2D eigenvalue weighted by Crippen LogP contribution is 2.21. The Morgan fingerprint density at radius 3 is 2.38 bits per heavy atom. The van der Waals surface area contributed by atoms with Gasteiger partial charge in [-0.25, -0.2) is 13.2 Å². The Hall–Kier alpha value is -3.35. The monoisotopic (exact) mass is 357 g/mol. The quantitative estimate of drug-likeness (QED) is 0.659. The maximum absolute atomic E-state index is 13.7. The molecule has 0 unspecified atom stereocenters. The molecule has 0 spiro atoms. The minimum atomic E-state index is -1.65. The van der Waals surface area contributed by atoms with Crippen molar-refractivity contribution in [2.75, 3.05) is 10.6 Å². The average molecular weight is 357 g/mol. The number of pyridine rings is 1. The molecule has 7 heteroatoms. The minimum absolute atomic E-state index is 0.00811. The zero-order valence-corrected chi connectivity index (χ0v) is 13.7. The number of anilines is 3. The fraction of sp³-hybridized carbons (Fsp3) is 0.0526. The lowest BCUT2D eigenvalue weighted by atomic mass is 10.2. The van der Waals surface area contributed by atoms with E-state index < -0.39 is 29.0 Å². The normalized spacial score (nSPS) is 10.5. The highest BCUT2D eigenvalue weighted by molar-refractivity contribution is 6.03. The number of benzene rings is 2. The molecule has 1 heterocycles. The van der Waals surface area contributed by atoms with E-state index in [0.29, 0.717) is 5.69 Å². The van der Waals surface area contributed by atoms with E-state index >= 15 is 0 Å². The smallest absolute Gasteiger partial charge is 0.274 e. The van der Waals surface area contributed by atoms with Gasteiger partial charge in [0, 0.05) is 17.6 Å². The molecule has 0 bridgehead atoms. The van der Waals surface area contributed by atoms with Crippen molar-refractivity contribution >= 4 is 23.0 Å². The second kappa shape index (κ2) is 7.26. The summed E-state index contributed by atoms with van der Waals surface area (Å²) in [6, 6.07) is 12.4. The van der Waals surface area contributed by atoms with Crippen molar-refractivity contribution in [3.8, 4) is 0 Å². The van der Waals surface area contributed by atoms with E-state index in [2.05, 4.69) is 15.6 Å². The lowest BCUT2D eigenvalue weighted by molar-refractivity contribution is 0.102. The lowest BCUT2D eigenvalue weighted by Gasteiger charge is -2.09. The summed E-state index contributed by atoms with van der Waals surface area (Å²) in [5.41, 5.74) is 2.05. The predicted molar refractivity (Wildman–Crippen MR) is 93.0 cm³/mol. The van der Waals surface area contributed by atoms with Crippen LogP contribution in [0.5, 0.6) is 0 Å². The van der Waals surface area contributed by atoms with Crippen molar-refractivity contribution in [3.05, 3.63) is 83.4 Å². The summed E-state index contributed by atoms with van der Waals surface area (Å²) in [6.07, 6.45) is 1.41. The van der Waals surface area contributed by atoms with Gasteiger partial charge in [-0.3, -0.25) is 9.78 Å². The van der Waals surface area contributed by atoms with Crippen LogP contribution in [0.1, 0.15) is 16.1 Å². The van der Waals surface area contributed by atoms with E-state index in [-0.39, 0.29) is 5.69 Å². The highest BCUT2D eigenvalue weighted by Gasteiger charge is 2.16. The summed E-state index contributed by atoms with van der Waals surface area (Å²) in [6.45, 7) is 1.97. The fourth-order valence-corrected chi connectivity index (χ4v) is 2.24. The third-order valence-electron chi connectivity index (χ3n) is 3.62. The second-order valence-electron chi connectivity index (χ2n) is 5.60. The first-order valence-electron chi connectivity index (χ1n) is 7.68. The van der Waals surface area contributed by atoms with Gasteiger partial charge in [-0.05, 0) is 43.3 Å². The number of carbonyl (C=O) groups is 1. The number of aromatic nitrogens is 1. The van der Waals surface area contributed by atoms with Crippen LogP contribution in [0.3, 0.4) is 0 Å². The molecule has 1 amide bonds. The van der Waals surface area contributed by atoms with Crippen molar-refractivity contribution in [1.29, 1.82) is 0 Å². The fourth-order valence-electron chi connectivity index (χ4n) is 2.24. The Kier molecular flexibility index (Phi) is 4.88. The number of carbonyl (C=O) groups excluding carboxylic acids is 1. The van der Waals surface area contributed by atoms with Gasteiger partial charge in [0.2, 0.25) is 0 Å². The SMILES string of the molecule is Cc1ccc(Nc2ccnc(C(=O)Nc3ccc(F)c(F)c3F)c2)cc1. The number of hydrogen-bond donors (Lipinski definition) is 2. The van der Waals surface area contributed by atoms with Crippen molar-refractivity contribution in [2.45, 2.75) is 6.92 Å². The van der Waals surface area contributed by atoms with Crippen LogP contribution in [0, 0.1) is 24.4 Å². The van der Waals surface area contributed by atoms with Gasteiger partial charge in [0.1, 0.15) is 5.69 Å². The summed E-state index contributed by atoms with van der Waals surface area (Å²) in [5, 5.41) is 5.30. The number of aryl methyl sites for hydroxylation is 1. The number of halogens is 3. The zero-order chi connectivity index (χ0) is 18.7. The molecule has 0 saturated carbocycles. The molecular weight excluding hydrogens is 343 g/mol. The lowest BCUT2D eigenvalue weighted by Crippen LogP contribution is -2.15. The van der Waals surface area contributed by atoms with Crippen molar-refractivity contribution in [3.63, 3.8) is 0 Å². The van der Waals surface area contributed by atoms with Crippen molar-refractivity contribution in [1.82, 2.24) is 4.98 Å². The first-order valence-corrected chi connectivity index (χ1v) is 7.68. The number of nitrogens with one attached hydrogen (secondary N) is 2. The Morgan fingerprint density at radius 2 is 1.65 bits per heavy atom. The Labute approximate surface area is 147 Å². The van der Waals surface area contributed by atoms with E-state index in [1.807, 2.05) is 31.2 Å². The maximum Gasteiger partial charge on any atom is 0.274 e. The maximum atomic E-state index is 13.7. The molecule has 0 aliphatic heterocycles. The highest BCUT2D eigenvalue weighted by atomic mass is 19.2. The van der Waals surface area contributed by atoms with E-state index in [1.165, 1.54) is 12.3 Å². The zero-order valence-electron chi connectivity index (χ0n) is 13.7. The molecule has 4 nitrogen and oxygen atoms in total. The molecule has 3 rings (SSSR count). The number of hydrogen-bond acceptors (Lipinski definition) is 3. The van der Waals surface area contributed by atoms with Crippen LogP contribution in [0.25, 0.3) is 0 Å². The molecule has 2 aromatic carbocycles. The summed E-state index contributed by atoms with van der Waals surface area (Å²) in [4.78, 5) is 16.1. The third-order valence-corrected chi connectivity index (χ3v) is 3.62. The van der Waals surface area contributed by atoms with Gasteiger partial charge in [-0.1, -0.05) is 17.7 Å². The summed E-state index contributed by atoms with van der Waals surface area (Å²) in [5.74, 6) is -5.19. The number of amides is 1. The van der Waals surface area contributed by atoms with Gasteiger partial charge in [0.15, 0.2) is 17.5 Å². The topological polar surface area (TPSA) is 54.0 Å². The van der Waals surface area contributed by atoms with Crippen molar-refractivity contribution < 1.29 is 18.0 Å². The molecule has 132 valence electrons. The summed E-state index contributed by atoms with van der Waals surface area (Å²) >= 11 is 0. The molecule has 1 aromatic heterocycles. The Morgan fingerprint density at radius 1 is 0.923 bits per heavy atom. The molecule has 0 radical (unpaired) electrons. The van der Waals surface area contributed by atoms with Gasteiger partial charge < -0.3 is 10.6 Å². The molecule has 2 N–H and O–H groups in total. The average Bonchev–Trinajstić information content (AvgIpc) is 2.64. The molecule has 0 aliphatic carbocycles. The van der Waals surface area contributed by atoms with E-state index in [1.54, 1.807) is 6.07 Å². The van der Waals surface area contributed by atoms with E-state index in [9.17, 15) is 18.0 Å². The molecule has 0 atom stereocenters. The summed E-state index contributed by atoms with van der Waals surface area (Å²) < 4.78 is 39.9. The van der Waals surface area contributed by atoms with Gasteiger partial charge in [-0.15, -0.1) is 0 Å². The van der Waals surface area contributed by atoms with Crippen LogP contribution in [0.4, 0.5) is 30.2 Å². The largest absolute Gasteiger partial charge is 0.355 e. The van der Waals surface area contributed by atoms with Crippen molar-refractivity contribution in [2.24, 2.45) is 0 Å². The summed E-state index contributed by atoms with van der Waals surface area (Å²) in [7, 11) is 0. The molecule has 0 fully saturated rings. The number of rotatable bonds is 4. The molecule has 26 heavy (non-hydrogen) atoms. The molecule has 0 saturated heterocycles. The van der Waals surface area contributed by atoms with E-state index in [4.69, 9.17) is 0 Å². The van der Waals surface area contributed by atoms with Gasteiger partial charge in [0.05, 0.1) is 5.69 Å². The van der Waals surface area contributed by atoms with Gasteiger partial charge >= 0.3 is 0 Å². The van der Waals surface area contributed by atoms with E-state index in [0.717, 1.165) is 23.4 Å². The van der Waals surface area contributed by atoms with Crippen LogP contribution >= 0.6 is 0 Å². The first-order chi connectivity index (χ1) is 12.4. The standard InChI is InChI=1S/C19H14F3N3O/c1-11-2-4-12(5-3-11)24-13-8-9-23-16(10-13)19(26)25-15-7-6-14(20)17(21)18(15)22/h2-10H,1H3,(H,23,24)(H,25,26). The van der Waals surface area contributed by atoms with Crippen LogP contribution in [0.2, 0.25) is 0 Å². The predicted octanol–water partition coefficient (Wildman–Crippen LogP) is 4.80. The molecule has 0 aliphatic rings. The Balaban J connectivity index is 1.78. The minimum Gasteiger partial charge on any atom is -0.355 e. The van der Waals surface area contributed by atoms with Crippen LogP contribution < -0.4 is 10.6 Å². The number of nitrogens with zero attached hydrogens (tertiary/aromatic N) is 1. The van der Waals surface area contributed by atoms with Gasteiger partial charge in [0.25, 0.3) is 5.91 Å². The third kappa shape index (κ3) is 3.83. The molecular formula is C19H14F3N3O. The van der Waals surface area contributed by atoms with Gasteiger partial charge in [-0.2, -0.15) is 0 Å². The first kappa shape index (κ1) is 17.5. The van der Waals surface area contributed by atoms with Crippen LogP contribution in [-0.4, -0.2) is 10.9 Å². The van der Waals surface area contributed by atoms with Crippen LogP contribution in [-0.2, 0) is 0 Å². The second-order valence-corrected chi connectivity index (χ2v) is 5.60. The van der Waals surface area contributed by atoms with Crippen LogP contribution in [0.15, 0.2) is 54.7 Å². The Bertz CT molecular complexity index is 959.